The number of ether oxygens (including phenoxy) is 2. The lowest BCUT2D eigenvalue weighted by Gasteiger charge is -2.12. The van der Waals surface area contributed by atoms with Gasteiger partial charge in [0.15, 0.2) is 16.3 Å². The maximum absolute atomic E-state index is 8.34. The van der Waals surface area contributed by atoms with Gasteiger partial charge in [-0.05, 0) is 24.7 Å². The van der Waals surface area contributed by atoms with Crippen LogP contribution >= 0.6 is 12.2 Å². The Hall–Kier alpha value is -1.82. The third-order valence-electron chi connectivity index (χ3n) is 3.27. The van der Waals surface area contributed by atoms with Crippen molar-refractivity contribution in [3.8, 4) is 11.5 Å². The molecule has 0 aliphatic rings. The fraction of sp³-hybridized carbons (Fsp3) is 0.429. The van der Waals surface area contributed by atoms with Crippen molar-refractivity contribution in [2.45, 2.75) is 26.3 Å². The van der Waals surface area contributed by atoms with Crippen molar-refractivity contribution in [2.75, 3.05) is 14.2 Å². The molecule has 0 bridgehead atoms. The molecule has 2 N–H and O–H groups in total. The van der Waals surface area contributed by atoms with Gasteiger partial charge in [0.25, 0.3) is 0 Å². The smallest absolute Gasteiger partial charge is 0.179 e. The van der Waals surface area contributed by atoms with Gasteiger partial charge in [-0.15, -0.1) is 0 Å². The van der Waals surface area contributed by atoms with Gasteiger partial charge in [-0.1, -0.05) is 13.3 Å². The van der Waals surface area contributed by atoms with E-state index in [0.29, 0.717) is 21.8 Å². The number of benzene rings is 1. The molecule has 1 heterocycles. The normalized spacial score (nSPS) is 10.8. The van der Waals surface area contributed by atoms with Crippen molar-refractivity contribution in [1.82, 2.24) is 9.55 Å². The van der Waals surface area contributed by atoms with Gasteiger partial charge >= 0.3 is 0 Å². The van der Waals surface area contributed by atoms with Gasteiger partial charge in [-0.25, -0.2) is 0 Å². The zero-order valence-corrected chi connectivity index (χ0v) is 12.8. The molecule has 2 rings (SSSR count). The molecule has 0 aliphatic carbocycles. The van der Waals surface area contributed by atoms with E-state index in [1.165, 1.54) is 0 Å². The highest BCUT2D eigenvalue weighted by molar-refractivity contribution is 7.71. The summed E-state index contributed by atoms with van der Waals surface area (Å²) in [5, 5.41) is 9.11. The average molecular weight is 293 g/mol. The van der Waals surface area contributed by atoms with Crippen LogP contribution in [0.15, 0.2) is 12.1 Å². The number of rotatable bonds is 5. The molecule has 5 nitrogen and oxygen atoms in total. The molecule has 0 saturated heterocycles. The van der Waals surface area contributed by atoms with E-state index in [1.54, 1.807) is 14.2 Å². The zero-order valence-electron chi connectivity index (χ0n) is 11.9. The van der Waals surface area contributed by atoms with E-state index in [0.717, 1.165) is 30.3 Å². The van der Waals surface area contributed by atoms with Crippen LogP contribution in [0.5, 0.6) is 11.5 Å². The molecular formula is C14H19N3O2S. The number of nitrogens with zero attached hydrogens (tertiary/aromatic N) is 1. The van der Waals surface area contributed by atoms with Crippen molar-refractivity contribution in [1.29, 1.82) is 5.41 Å². The fourth-order valence-electron chi connectivity index (χ4n) is 2.14. The predicted molar refractivity (Wildman–Crippen MR) is 81.0 cm³/mol. The predicted octanol–water partition coefficient (Wildman–Crippen LogP) is 3.00. The Morgan fingerprint density at radius 1 is 1.25 bits per heavy atom. The molecule has 0 spiro atoms. The molecule has 1 aromatic heterocycles. The van der Waals surface area contributed by atoms with Crippen LogP contribution in [0.2, 0.25) is 0 Å². The highest BCUT2D eigenvalue weighted by Crippen LogP contribution is 2.29. The van der Waals surface area contributed by atoms with Crippen LogP contribution in [0.25, 0.3) is 10.9 Å². The molecule has 0 saturated carbocycles. The number of hydrogen-bond acceptors (Lipinski definition) is 4. The second-order valence-electron chi connectivity index (χ2n) is 4.54. The summed E-state index contributed by atoms with van der Waals surface area (Å²) in [5.74, 6) is 1.23. The summed E-state index contributed by atoms with van der Waals surface area (Å²) in [4.78, 5) is 3.16. The average Bonchev–Trinajstić information content (AvgIpc) is 2.46. The molecule has 1 aromatic carbocycles. The Bertz CT molecular complexity index is 734. The minimum atomic E-state index is 0.401. The maximum Gasteiger partial charge on any atom is 0.179 e. The molecule has 6 heteroatoms. The highest BCUT2D eigenvalue weighted by Gasteiger charge is 2.09. The van der Waals surface area contributed by atoms with Gasteiger partial charge < -0.3 is 19.0 Å². The molecule has 0 radical (unpaired) electrons. The topological polar surface area (TPSA) is 63.0 Å². The van der Waals surface area contributed by atoms with Gasteiger partial charge in [-0.3, -0.25) is 5.41 Å². The van der Waals surface area contributed by atoms with Gasteiger partial charge in [0, 0.05) is 18.0 Å². The summed E-state index contributed by atoms with van der Waals surface area (Å²) in [5.41, 5.74) is 1.18. The molecule has 2 aromatic rings. The quantitative estimate of drug-likeness (QED) is 0.833. The summed E-state index contributed by atoms with van der Waals surface area (Å²) in [7, 11) is 3.17. The number of nitrogens with one attached hydrogen (secondary N) is 2. The fourth-order valence-corrected chi connectivity index (χ4v) is 2.43. The monoisotopic (exact) mass is 293 g/mol. The van der Waals surface area contributed by atoms with Crippen LogP contribution in [-0.2, 0) is 6.54 Å². The van der Waals surface area contributed by atoms with Crippen LogP contribution in [-0.4, -0.2) is 23.8 Å². The lowest BCUT2D eigenvalue weighted by molar-refractivity contribution is 0.355. The Kier molecular flexibility index (Phi) is 4.44. The zero-order chi connectivity index (χ0) is 14.7. The van der Waals surface area contributed by atoms with Crippen LogP contribution in [0.1, 0.15) is 19.8 Å². The Labute approximate surface area is 122 Å². The Morgan fingerprint density at radius 2 is 1.90 bits per heavy atom. The standard InChI is InChI=1S/C14H19N3O2S/c1-4-5-6-17-13(15)9-7-11(18-2)12(19-3)8-10(9)16-14(17)20/h7-8,15H,4-6H2,1-3H3,(H,16,20). The number of unbranched alkanes of at least 4 members (excludes halogenated alkanes) is 1. The first-order valence-corrected chi connectivity index (χ1v) is 6.96. The first-order valence-electron chi connectivity index (χ1n) is 6.55. The summed E-state index contributed by atoms with van der Waals surface area (Å²) in [6.07, 6.45) is 2.05. The second-order valence-corrected chi connectivity index (χ2v) is 4.92. The van der Waals surface area contributed by atoms with Crippen LogP contribution in [0.3, 0.4) is 0 Å². The van der Waals surface area contributed by atoms with Crippen LogP contribution < -0.4 is 15.0 Å². The first kappa shape index (κ1) is 14.6. The molecule has 0 aliphatic heterocycles. The number of H-pyrrole nitrogens is 1. The van der Waals surface area contributed by atoms with Gasteiger partial charge in [0.05, 0.1) is 19.7 Å². The molecule has 0 unspecified atom stereocenters. The van der Waals surface area contributed by atoms with Crippen LogP contribution in [0.4, 0.5) is 0 Å². The Balaban J connectivity index is 2.71. The molecule has 0 amide bonds. The van der Waals surface area contributed by atoms with E-state index >= 15 is 0 Å². The Morgan fingerprint density at radius 3 is 2.50 bits per heavy atom. The number of aromatic amines is 1. The van der Waals surface area contributed by atoms with Crippen molar-refractivity contribution in [3.05, 3.63) is 22.4 Å². The summed E-state index contributed by atoms with van der Waals surface area (Å²) < 4.78 is 12.9. The third kappa shape index (κ3) is 2.56. The number of aromatic nitrogens is 2. The van der Waals surface area contributed by atoms with E-state index in [2.05, 4.69) is 11.9 Å². The van der Waals surface area contributed by atoms with Crippen LogP contribution in [0, 0.1) is 10.2 Å². The van der Waals surface area contributed by atoms with E-state index in [9.17, 15) is 0 Å². The van der Waals surface area contributed by atoms with E-state index in [-0.39, 0.29) is 0 Å². The number of methoxy groups -OCH3 is 2. The second kappa shape index (κ2) is 6.09. The summed E-state index contributed by atoms with van der Waals surface area (Å²) >= 11 is 5.34. The molecule has 20 heavy (non-hydrogen) atoms. The first-order chi connectivity index (χ1) is 9.62. The van der Waals surface area contributed by atoms with Gasteiger partial charge in [0.2, 0.25) is 0 Å². The third-order valence-corrected chi connectivity index (χ3v) is 3.59. The lowest BCUT2D eigenvalue weighted by Crippen LogP contribution is -2.22. The van der Waals surface area contributed by atoms with E-state index in [1.807, 2.05) is 16.7 Å². The van der Waals surface area contributed by atoms with Gasteiger partial charge in [0.1, 0.15) is 5.49 Å². The highest BCUT2D eigenvalue weighted by atomic mass is 32.1. The van der Waals surface area contributed by atoms with Crippen molar-refractivity contribution in [3.63, 3.8) is 0 Å². The van der Waals surface area contributed by atoms with Crippen molar-refractivity contribution in [2.24, 2.45) is 0 Å². The summed E-state index contributed by atoms with van der Waals surface area (Å²) in [6.45, 7) is 2.86. The molecular weight excluding hydrogens is 274 g/mol. The molecule has 0 fully saturated rings. The van der Waals surface area contributed by atoms with E-state index in [4.69, 9.17) is 27.1 Å². The minimum absolute atomic E-state index is 0.401. The molecule has 0 atom stereocenters. The van der Waals surface area contributed by atoms with Crippen molar-refractivity contribution >= 4 is 23.1 Å². The summed E-state index contributed by atoms with van der Waals surface area (Å²) in [6, 6.07) is 3.62. The lowest BCUT2D eigenvalue weighted by atomic mass is 10.2. The molecule has 108 valence electrons. The van der Waals surface area contributed by atoms with Gasteiger partial charge in [-0.2, -0.15) is 0 Å². The maximum atomic E-state index is 8.34. The SMILES string of the molecule is CCCCn1c(=S)[nH]c2cc(OC)c(OC)cc2c1=N. The minimum Gasteiger partial charge on any atom is -0.493 e. The number of fused-ring (bicyclic) bond motifs is 1. The van der Waals surface area contributed by atoms with E-state index < -0.39 is 0 Å². The number of hydrogen-bond donors (Lipinski definition) is 2. The largest absolute Gasteiger partial charge is 0.493 e. The van der Waals surface area contributed by atoms with Crippen molar-refractivity contribution < 1.29 is 9.47 Å².